The highest BCUT2D eigenvalue weighted by Crippen LogP contribution is 2.25. The fourth-order valence-electron chi connectivity index (χ4n) is 3.23. The van der Waals surface area contributed by atoms with Crippen LogP contribution < -0.4 is 4.72 Å². The van der Waals surface area contributed by atoms with E-state index in [1.165, 1.54) is 48.5 Å². The van der Waals surface area contributed by atoms with Crippen LogP contribution in [0.4, 0.5) is 0 Å². The summed E-state index contributed by atoms with van der Waals surface area (Å²) < 4.78 is 78.6. The minimum absolute atomic E-state index is 0.0209. The van der Waals surface area contributed by atoms with Crippen molar-refractivity contribution in [2.24, 2.45) is 0 Å². The third kappa shape index (κ3) is 5.98. The summed E-state index contributed by atoms with van der Waals surface area (Å²) in [4.78, 5) is -0.0748. The van der Waals surface area contributed by atoms with E-state index in [0.29, 0.717) is 10.0 Å². The standard InChI is InChI=1S/C18H20Cl2N2O6S3/c19-14-1-5-17(6-2-14)30(25,26)21-10-11-22(16-9-12-29(23,24)13-16)31(27,28)18-7-3-15(20)4-8-18/h1-8,16,21H,9-13H2/t16-/m0/s1. The molecule has 1 fully saturated rings. The van der Waals surface area contributed by atoms with E-state index < -0.39 is 35.9 Å². The van der Waals surface area contributed by atoms with Crippen LogP contribution in [0.25, 0.3) is 0 Å². The lowest BCUT2D eigenvalue weighted by atomic mass is 10.2. The molecule has 1 atom stereocenters. The molecule has 31 heavy (non-hydrogen) atoms. The molecule has 0 amide bonds. The summed E-state index contributed by atoms with van der Waals surface area (Å²) in [7, 11) is -11.4. The summed E-state index contributed by atoms with van der Waals surface area (Å²) in [5.41, 5.74) is 0. The van der Waals surface area contributed by atoms with Crippen molar-refractivity contribution < 1.29 is 25.3 Å². The fraction of sp³-hybridized carbons (Fsp3) is 0.333. The lowest BCUT2D eigenvalue weighted by molar-refractivity contribution is 0.343. The zero-order valence-electron chi connectivity index (χ0n) is 16.1. The van der Waals surface area contributed by atoms with Gasteiger partial charge < -0.3 is 0 Å². The summed E-state index contributed by atoms with van der Waals surface area (Å²) in [5.74, 6) is -0.440. The van der Waals surface area contributed by atoms with Crippen LogP contribution in [0.3, 0.4) is 0 Å². The number of nitrogens with zero attached hydrogens (tertiary/aromatic N) is 1. The Morgan fingerprint density at radius 3 is 1.90 bits per heavy atom. The molecule has 0 aliphatic carbocycles. The van der Waals surface area contributed by atoms with Crippen molar-refractivity contribution in [3.05, 3.63) is 58.6 Å². The SMILES string of the molecule is O=S1(=O)CC[C@H](N(CCNS(=O)(=O)c2ccc(Cl)cc2)S(=O)(=O)c2ccc(Cl)cc2)C1. The minimum Gasteiger partial charge on any atom is -0.229 e. The molecule has 0 spiro atoms. The number of sulfonamides is 2. The van der Waals surface area contributed by atoms with Crippen molar-refractivity contribution in [3.8, 4) is 0 Å². The molecule has 8 nitrogen and oxygen atoms in total. The van der Waals surface area contributed by atoms with Gasteiger partial charge in [-0.3, -0.25) is 0 Å². The van der Waals surface area contributed by atoms with E-state index in [2.05, 4.69) is 4.72 Å². The summed E-state index contributed by atoms with van der Waals surface area (Å²) in [6.07, 6.45) is 0.138. The molecule has 0 saturated carbocycles. The summed E-state index contributed by atoms with van der Waals surface area (Å²) in [6.45, 7) is -0.480. The van der Waals surface area contributed by atoms with Gasteiger partial charge in [0.1, 0.15) is 0 Å². The maximum absolute atomic E-state index is 13.2. The van der Waals surface area contributed by atoms with Crippen molar-refractivity contribution >= 4 is 53.1 Å². The molecule has 1 heterocycles. The molecule has 0 aromatic heterocycles. The van der Waals surface area contributed by atoms with Crippen molar-refractivity contribution in [2.75, 3.05) is 24.6 Å². The first kappa shape index (κ1) is 24.4. The van der Waals surface area contributed by atoms with E-state index in [1.807, 2.05) is 0 Å². The molecule has 1 aliphatic heterocycles. The summed E-state index contributed by atoms with van der Waals surface area (Å²) in [5, 5.41) is 0.728. The van der Waals surface area contributed by atoms with Crippen molar-refractivity contribution in [2.45, 2.75) is 22.3 Å². The molecule has 170 valence electrons. The maximum Gasteiger partial charge on any atom is 0.243 e. The topological polar surface area (TPSA) is 118 Å². The zero-order chi connectivity index (χ0) is 22.9. The molecule has 0 unspecified atom stereocenters. The number of hydrogen-bond acceptors (Lipinski definition) is 6. The smallest absolute Gasteiger partial charge is 0.229 e. The van der Waals surface area contributed by atoms with E-state index in [1.54, 1.807) is 0 Å². The summed E-state index contributed by atoms with van der Waals surface area (Å²) in [6, 6.07) is 10.2. The van der Waals surface area contributed by atoms with Gasteiger partial charge in [-0.1, -0.05) is 23.2 Å². The van der Waals surface area contributed by atoms with Crippen LogP contribution in [0.1, 0.15) is 6.42 Å². The second-order valence-corrected chi connectivity index (χ2v) is 13.7. The number of rotatable bonds is 8. The van der Waals surface area contributed by atoms with Crippen LogP contribution in [-0.2, 0) is 29.9 Å². The molecular formula is C18H20Cl2N2O6S3. The molecular weight excluding hydrogens is 507 g/mol. The number of benzene rings is 2. The molecule has 2 aromatic rings. The van der Waals surface area contributed by atoms with Crippen LogP contribution in [0.5, 0.6) is 0 Å². The van der Waals surface area contributed by atoms with Gasteiger partial charge in [-0.05, 0) is 55.0 Å². The number of sulfone groups is 1. The molecule has 1 aliphatic rings. The Bertz CT molecular complexity index is 1250. The Kier molecular flexibility index (Phi) is 7.36. The van der Waals surface area contributed by atoms with Gasteiger partial charge in [0.15, 0.2) is 9.84 Å². The average Bonchev–Trinajstić information content (AvgIpc) is 3.05. The maximum atomic E-state index is 13.2. The molecule has 1 N–H and O–H groups in total. The Hall–Kier alpha value is -1.21. The monoisotopic (exact) mass is 526 g/mol. The molecule has 0 bridgehead atoms. The Labute approximate surface area is 192 Å². The van der Waals surface area contributed by atoms with Crippen LogP contribution in [-0.4, -0.2) is 60.2 Å². The summed E-state index contributed by atoms with van der Waals surface area (Å²) >= 11 is 11.6. The highest BCUT2D eigenvalue weighted by atomic mass is 35.5. The van der Waals surface area contributed by atoms with Crippen LogP contribution in [0, 0.1) is 0 Å². The second kappa shape index (κ2) is 9.34. The van der Waals surface area contributed by atoms with Gasteiger partial charge >= 0.3 is 0 Å². The molecule has 2 aromatic carbocycles. The molecule has 0 radical (unpaired) electrons. The third-order valence-electron chi connectivity index (χ3n) is 4.78. The normalized spacial score (nSPS) is 19.0. The quantitative estimate of drug-likeness (QED) is 0.562. The lowest BCUT2D eigenvalue weighted by Gasteiger charge is -2.27. The van der Waals surface area contributed by atoms with Crippen LogP contribution in [0.2, 0.25) is 10.0 Å². The Morgan fingerprint density at radius 2 is 1.42 bits per heavy atom. The molecule has 1 saturated heterocycles. The lowest BCUT2D eigenvalue weighted by Crippen LogP contribution is -2.45. The molecule has 3 rings (SSSR count). The van der Waals surface area contributed by atoms with Gasteiger partial charge in [0.2, 0.25) is 20.0 Å². The van der Waals surface area contributed by atoms with Gasteiger partial charge in [0, 0.05) is 29.2 Å². The van der Waals surface area contributed by atoms with Crippen LogP contribution >= 0.6 is 23.2 Å². The Balaban J connectivity index is 1.82. The number of halogens is 2. The first-order chi connectivity index (χ1) is 14.4. The third-order valence-corrected chi connectivity index (χ3v) is 10.5. The van der Waals surface area contributed by atoms with Crippen molar-refractivity contribution in [1.82, 2.24) is 9.03 Å². The van der Waals surface area contributed by atoms with Gasteiger partial charge in [0.25, 0.3) is 0 Å². The van der Waals surface area contributed by atoms with Gasteiger partial charge in [-0.2, -0.15) is 4.31 Å². The van der Waals surface area contributed by atoms with E-state index in [0.717, 1.165) is 4.31 Å². The Morgan fingerprint density at radius 1 is 0.903 bits per heavy atom. The predicted octanol–water partition coefficient (Wildman–Crippen LogP) is 2.15. The van der Waals surface area contributed by atoms with E-state index >= 15 is 0 Å². The molecule has 13 heteroatoms. The van der Waals surface area contributed by atoms with E-state index in [-0.39, 0.29) is 40.8 Å². The zero-order valence-corrected chi connectivity index (χ0v) is 20.1. The van der Waals surface area contributed by atoms with Crippen LogP contribution in [0.15, 0.2) is 58.3 Å². The van der Waals surface area contributed by atoms with Gasteiger partial charge in [-0.15, -0.1) is 0 Å². The van der Waals surface area contributed by atoms with Crippen molar-refractivity contribution in [1.29, 1.82) is 0 Å². The predicted molar refractivity (Wildman–Crippen MR) is 119 cm³/mol. The number of nitrogens with one attached hydrogen (secondary N) is 1. The fourth-order valence-corrected chi connectivity index (χ4v) is 7.98. The number of hydrogen-bond donors (Lipinski definition) is 1. The minimum atomic E-state index is -4.08. The first-order valence-corrected chi connectivity index (χ1v) is 14.6. The van der Waals surface area contributed by atoms with Gasteiger partial charge in [-0.25, -0.2) is 30.0 Å². The highest BCUT2D eigenvalue weighted by molar-refractivity contribution is 7.92. The van der Waals surface area contributed by atoms with E-state index in [4.69, 9.17) is 23.2 Å². The van der Waals surface area contributed by atoms with Crippen molar-refractivity contribution in [3.63, 3.8) is 0 Å². The highest BCUT2D eigenvalue weighted by Gasteiger charge is 2.38. The average molecular weight is 527 g/mol. The second-order valence-electron chi connectivity index (χ2n) is 6.98. The van der Waals surface area contributed by atoms with Gasteiger partial charge in [0.05, 0.1) is 21.3 Å². The largest absolute Gasteiger partial charge is 0.243 e. The van der Waals surface area contributed by atoms with E-state index in [9.17, 15) is 25.3 Å². The first-order valence-electron chi connectivity index (χ1n) is 9.14.